The Morgan fingerprint density at radius 1 is 0.962 bits per heavy atom. The van der Waals surface area contributed by atoms with Crippen molar-refractivity contribution in [3.63, 3.8) is 0 Å². The fraction of sp³-hybridized carbons (Fsp3) is 0.250. The summed E-state index contributed by atoms with van der Waals surface area (Å²) in [5.41, 5.74) is 1.76. The molecule has 6 nitrogen and oxygen atoms in total. The van der Waals surface area contributed by atoms with Crippen LogP contribution < -0.4 is 10.6 Å². The van der Waals surface area contributed by atoms with Crippen molar-refractivity contribution >= 4 is 23.5 Å². The van der Waals surface area contributed by atoms with Gasteiger partial charge < -0.3 is 15.4 Å². The number of nitrogens with one attached hydrogen (secondary N) is 2. The monoisotopic (exact) mass is 354 g/mol. The Kier molecular flexibility index (Phi) is 6.49. The molecule has 26 heavy (non-hydrogen) atoms. The van der Waals surface area contributed by atoms with Crippen LogP contribution in [0.1, 0.15) is 51.3 Å². The predicted octanol–water partition coefficient (Wildman–Crippen LogP) is 3.25. The molecule has 2 aromatic rings. The smallest absolute Gasteiger partial charge is 0.337 e. The number of hydrogen-bond acceptors (Lipinski definition) is 4. The van der Waals surface area contributed by atoms with Crippen LogP contribution in [0.25, 0.3) is 0 Å². The second kappa shape index (κ2) is 8.80. The molecule has 0 spiro atoms. The van der Waals surface area contributed by atoms with E-state index in [9.17, 15) is 14.4 Å². The molecular formula is C20H22N2O4. The Morgan fingerprint density at radius 3 is 2.23 bits per heavy atom. The minimum atomic E-state index is -0.461. The van der Waals surface area contributed by atoms with E-state index in [1.807, 2.05) is 13.8 Å². The molecule has 0 radical (unpaired) electrons. The standard InChI is InChI=1S/C20H22N2O4/c1-4-13(2)21-19(24)16-6-5-7-17(12-16)22-18(23)14-8-10-15(11-9-14)20(25)26-3/h5-13H,4H2,1-3H3,(H,21,24)(H,22,23). The molecule has 0 aromatic heterocycles. The third kappa shape index (κ3) is 4.92. The molecule has 0 aliphatic carbocycles. The van der Waals surface area contributed by atoms with Gasteiger partial charge in [0.2, 0.25) is 0 Å². The van der Waals surface area contributed by atoms with Gasteiger partial charge in [-0.25, -0.2) is 4.79 Å². The zero-order valence-electron chi connectivity index (χ0n) is 15.0. The van der Waals surface area contributed by atoms with Crippen molar-refractivity contribution in [3.05, 3.63) is 65.2 Å². The van der Waals surface area contributed by atoms with Crippen LogP contribution in [0.15, 0.2) is 48.5 Å². The lowest BCUT2D eigenvalue weighted by Gasteiger charge is -2.12. The lowest BCUT2D eigenvalue weighted by Crippen LogP contribution is -2.31. The van der Waals surface area contributed by atoms with E-state index in [1.165, 1.54) is 19.2 Å². The highest BCUT2D eigenvalue weighted by atomic mass is 16.5. The molecule has 0 bridgehead atoms. The molecule has 6 heteroatoms. The van der Waals surface area contributed by atoms with Gasteiger partial charge in [0.1, 0.15) is 0 Å². The average molecular weight is 354 g/mol. The van der Waals surface area contributed by atoms with Crippen LogP contribution >= 0.6 is 0 Å². The van der Waals surface area contributed by atoms with E-state index >= 15 is 0 Å². The maximum Gasteiger partial charge on any atom is 0.337 e. The van der Waals surface area contributed by atoms with Gasteiger partial charge >= 0.3 is 5.97 Å². The maximum atomic E-state index is 12.3. The summed E-state index contributed by atoms with van der Waals surface area (Å²) in [6.45, 7) is 3.93. The van der Waals surface area contributed by atoms with Crippen LogP contribution in [0.4, 0.5) is 5.69 Å². The van der Waals surface area contributed by atoms with Gasteiger partial charge in [-0.3, -0.25) is 9.59 Å². The predicted molar refractivity (Wildman–Crippen MR) is 99.4 cm³/mol. The number of rotatable bonds is 6. The number of carbonyl (C=O) groups excluding carboxylic acids is 3. The highest BCUT2D eigenvalue weighted by Gasteiger charge is 2.12. The molecule has 2 N–H and O–H groups in total. The van der Waals surface area contributed by atoms with Crippen LogP contribution in [-0.2, 0) is 4.74 Å². The molecule has 0 heterocycles. The molecule has 2 amide bonds. The van der Waals surface area contributed by atoms with Crippen molar-refractivity contribution < 1.29 is 19.1 Å². The fourth-order valence-corrected chi connectivity index (χ4v) is 2.23. The van der Waals surface area contributed by atoms with E-state index < -0.39 is 5.97 Å². The van der Waals surface area contributed by atoms with Crippen molar-refractivity contribution in [3.8, 4) is 0 Å². The summed E-state index contributed by atoms with van der Waals surface area (Å²) in [6.07, 6.45) is 0.837. The van der Waals surface area contributed by atoms with Gasteiger partial charge in [0.15, 0.2) is 0 Å². The summed E-state index contributed by atoms with van der Waals surface area (Å²) in [7, 11) is 1.30. The van der Waals surface area contributed by atoms with E-state index in [2.05, 4.69) is 15.4 Å². The summed E-state index contributed by atoms with van der Waals surface area (Å²) in [6, 6.07) is 12.9. The number of anilines is 1. The number of methoxy groups -OCH3 is 1. The van der Waals surface area contributed by atoms with Gasteiger partial charge in [0.05, 0.1) is 12.7 Å². The number of ether oxygens (including phenoxy) is 1. The molecule has 0 aliphatic rings. The average Bonchev–Trinajstić information content (AvgIpc) is 2.67. The normalized spacial score (nSPS) is 11.3. The van der Waals surface area contributed by atoms with Crippen molar-refractivity contribution in [2.75, 3.05) is 12.4 Å². The summed E-state index contributed by atoms with van der Waals surface area (Å²) in [4.78, 5) is 36.0. The summed E-state index contributed by atoms with van der Waals surface area (Å²) in [5, 5.41) is 5.63. The Balaban J connectivity index is 2.08. The van der Waals surface area contributed by atoms with Crippen LogP contribution in [0.3, 0.4) is 0 Å². The lowest BCUT2D eigenvalue weighted by atomic mass is 10.1. The minimum Gasteiger partial charge on any atom is -0.465 e. The lowest BCUT2D eigenvalue weighted by molar-refractivity contribution is 0.0600. The molecule has 2 aromatic carbocycles. The van der Waals surface area contributed by atoms with Gasteiger partial charge in [0.25, 0.3) is 11.8 Å². The molecule has 136 valence electrons. The zero-order chi connectivity index (χ0) is 19.1. The molecular weight excluding hydrogens is 332 g/mol. The van der Waals surface area contributed by atoms with E-state index in [4.69, 9.17) is 0 Å². The highest BCUT2D eigenvalue weighted by molar-refractivity contribution is 6.05. The maximum absolute atomic E-state index is 12.3. The molecule has 0 saturated heterocycles. The Bertz CT molecular complexity index is 800. The van der Waals surface area contributed by atoms with Gasteiger partial charge in [-0.15, -0.1) is 0 Å². The number of esters is 1. The highest BCUT2D eigenvalue weighted by Crippen LogP contribution is 2.14. The van der Waals surface area contributed by atoms with Crippen LogP contribution in [0.2, 0.25) is 0 Å². The first-order valence-electron chi connectivity index (χ1n) is 8.35. The first kappa shape index (κ1) is 19.2. The SMILES string of the molecule is CCC(C)NC(=O)c1cccc(NC(=O)c2ccc(C(=O)OC)cc2)c1. The van der Waals surface area contributed by atoms with Crippen molar-refractivity contribution in [2.24, 2.45) is 0 Å². The van der Waals surface area contributed by atoms with Gasteiger partial charge in [-0.1, -0.05) is 13.0 Å². The summed E-state index contributed by atoms with van der Waals surface area (Å²) in [5.74, 6) is -0.976. The van der Waals surface area contributed by atoms with Gasteiger partial charge in [-0.2, -0.15) is 0 Å². The Labute approximate surface area is 152 Å². The second-order valence-corrected chi connectivity index (χ2v) is 5.89. The van der Waals surface area contributed by atoms with E-state index in [0.717, 1.165) is 6.42 Å². The van der Waals surface area contributed by atoms with Crippen LogP contribution in [-0.4, -0.2) is 30.9 Å². The van der Waals surface area contributed by atoms with Crippen LogP contribution in [0, 0.1) is 0 Å². The van der Waals surface area contributed by atoms with E-state index in [0.29, 0.717) is 22.4 Å². The quantitative estimate of drug-likeness (QED) is 0.780. The van der Waals surface area contributed by atoms with Crippen molar-refractivity contribution in [1.29, 1.82) is 0 Å². The van der Waals surface area contributed by atoms with E-state index in [1.54, 1.807) is 36.4 Å². The van der Waals surface area contributed by atoms with Crippen molar-refractivity contribution in [2.45, 2.75) is 26.3 Å². The Hall–Kier alpha value is -3.15. The molecule has 0 saturated carbocycles. The third-order valence-electron chi connectivity index (χ3n) is 3.94. The third-order valence-corrected chi connectivity index (χ3v) is 3.94. The summed E-state index contributed by atoms with van der Waals surface area (Å²) >= 11 is 0. The van der Waals surface area contributed by atoms with Gasteiger partial charge in [-0.05, 0) is 55.8 Å². The molecule has 1 atom stereocenters. The van der Waals surface area contributed by atoms with Crippen molar-refractivity contribution in [1.82, 2.24) is 5.32 Å². The number of amides is 2. The molecule has 1 unspecified atom stereocenters. The number of benzene rings is 2. The van der Waals surface area contributed by atoms with E-state index in [-0.39, 0.29) is 17.9 Å². The first-order valence-corrected chi connectivity index (χ1v) is 8.35. The number of carbonyl (C=O) groups is 3. The molecule has 0 aliphatic heterocycles. The Morgan fingerprint density at radius 2 is 1.62 bits per heavy atom. The van der Waals surface area contributed by atoms with Gasteiger partial charge in [0, 0.05) is 22.9 Å². The second-order valence-electron chi connectivity index (χ2n) is 5.89. The number of hydrogen-bond donors (Lipinski definition) is 2. The van der Waals surface area contributed by atoms with Crippen LogP contribution in [0.5, 0.6) is 0 Å². The summed E-state index contributed by atoms with van der Waals surface area (Å²) < 4.78 is 4.63. The molecule has 0 fully saturated rings. The minimum absolute atomic E-state index is 0.0778. The largest absolute Gasteiger partial charge is 0.465 e. The fourth-order valence-electron chi connectivity index (χ4n) is 2.23. The first-order chi connectivity index (χ1) is 12.4. The topological polar surface area (TPSA) is 84.5 Å². The zero-order valence-corrected chi connectivity index (χ0v) is 15.0. The molecule has 2 rings (SSSR count).